The fraction of sp³-hybridized carbons (Fsp3) is 0.444. The molecule has 0 aliphatic rings. The fourth-order valence-electron chi connectivity index (χ4n) is 1.42. The van der Waals surface area contributed by atoms with Gasteiger partial charge in [0.1, 0.15) is 12.7 Å². The quantitative estimate of drug-likeness (QED) is 0.671. The molecule has 0 bridgehead atoms. The summed E-state index contributed by atoms with van der Waals surface area (Å²) >= 11 is 0. The van der Waals surface area contributed by atoms with E-state index in [9.17, 15) is 4.79 Å². The van der Waals surface area contributed by atoms with Gasteiger partial charge >= 0.3 is 0 Å². The Morgan fingerprint density at radius 3 is 2.71 bits per heavy atom. The first-order chi connectivity index (χ1) is 6.61. The molecule has 2 heterocycles. The number of aryl methyl sites for hydroxylation is 1. The van der Waals surface area contributed by atoms with Gasteiger partial charge in [0.2, 0.25) is 0 Å². The number of fused-ring (bicyclic) bond motifs is 1. The Kier molecular flexibility index (Phi) is 1.87. The molecule has 0 atom stereocenters. The van der Waals surface area contributed by atoms with Crippen molar-refractivity contribution in [3.05, 3.63) is 28.7 Å². The average molecular weight is 192 g/mol. The highest BCUT2D eigenvalue weighted by molar-refractivity contribution is 5.47. The van der Waals surface area contributed by atoms with Gasteiger partial charge in [-0.15, -0.1) is 0 Å². The van der Waals surface area contributed by atoms with Crippen LogP contribution >= 0.6 is 0 Å². The van der Waals surface area contributed by atoms with Crippen LogP contribution in [0, 0.1) is 6.92 Å². The average Bonchev–Trinajstić information content (AvgIpc) is 2.48. The Morgan fingerprint density at radius 2 is 2.07 bits per heavy atom. The van der Waals surface area contributed by atoms with E-state index >= 15 is 0 Å². The highest BCUT2D eigenvalue weighted by Crippen LogP contribution is 2.03. The van der Waals surface area contributed by atoms with Crippen molar-refractivity contribution in [2.45, 2.75) is 26.8 Å². The second-order valence-corrected chi connectivity index (χ2v) is 3.56. The Bertz CT molecular complexity index is 523. The molecular formula is C9H12N4O. The van der Waals surface area contributed by atoms with Gasteiger partial charge in [-0.1, -0.05) is 0 Å². The van der Waals surface area contributed by atoms with Crippen LogP contribution in [0.15, 0.2) is 17.4 Å². The van der Waals surface area contributed by atoms with Crippen molar-refractivity contribution in [3.8, 4) is 0 Å². The van der Waals surface area contributed by atoms with E-state index in [0.717, 1.165) is 5.69 Å². The third-order valence-corrected chi connectivity index (χ3v) is 2.23. The standard InChI is InChI=1S/C9H12N4O/c1-6(2)12-5-11-13-4-10-7(3)8(13)9(12)14/h4-6H,1-3H3. The van der Waals surface area contributed by atoms with Crippen molar-refractivity contribution in [2.24, 2.45) is 0 Å². The first kappa shape index (κ1) is 8.93. The molecule has 0 radical (unpaired) electrons. The molecule has 5 nitrogen and oxygen atoms in total. The van der Waals surface area contributed by atoms with Crippen LogP contribution in [0.5, 0.6) is 0 Å². The van der Waals surface area contributed by atoms with E-state index < -0.39 is 0 Å². The molecule has 0 spiro atoms. The third-order valence-electron chi connectivity index (χ3n) is 2.23. The highest BCUT2D eigenvalue weighted by atomic mass is 16.1. The second-order valence-electron chi connectivity index (χ2n) is 3.56. The van der Waals surface area contributed by atoms with Gasteiger partial charge in [0.25, 0.3) is 5.56 Å². The second kappa shape index (κ2) is 2.94. The Hall–Kier alpha value is -1.65. The lowest BCUT2D eigenvalue weighted by atomic mass is 10.3. The lowest BCUT2D eigenvalue weighted by molar-refractivity contribution is 0.558. The van der Waals surface area contributed by atoms with E-state index in [1.165, 1.54) is 4.52 Å². The van der Waals surface area contributed by atoms with E-state index in [1.54, 1.807) is 17.2 Å². The van der Waals surface area contributed by atoms with E-state index in [1.807, 2.05) is 20.8 Å². The molecule has 2 aromatic rings. The normalized spacial score (nSPS) is 11.4. The maximum atomic E-state index is 11.9. The van der Waals surface area contributed by atoms with Crippen LogP contribution in [-0.2, 0) is 0 Å². The summed E-state index contributed by atoms with van der Waals surface area (Å²) in [6.45, 7) is 5.71. The van der Waals surface area contributed by atoms with Crippen molar-refractivity contribution in [1.82, 2.24) is 19.2 Å². The van der Waals surface area contributed by atoms with Gasteiger partial charge in [-0.25, -0.2) is 9.50 Å². The van der Waals surface area contributed by atoms with Crippen molar-refractivity contribution < 1.29 is 0 Å². The van der Waals surface area contributed by atoms with Crippen molar-refractivity contribution >= 4 is 5.52 Å². The predicted octanol–water partition coefficient (Wildman–Crippen LogP) is 0.780. The fourth-order valence-corrected chi connectivity index (χ4v) is 1.42. The molecule has 0 aromatic carbocycles. The highest BCUT2D eigenvalue weighted by Gasteiger charge is 2.09. The number of nitrogens with zero attached hydrogens (tertiary/aromatic N) is 4. The minimum absolute atomic E-state index is 0.0370. The summed E-state index contributed by atoms with van der Waals surface area (Å²) in [5.41, 5.74) is 1.24. The zero-order valence-electron chi connectivity index (χ0n) is 8.43. The topological polar surface area (TPSA) is 52.2 Å². The maximum Gasteiger partial charge on any atom is 0.279 e. The van der Waals surface area contributed by atoms with E-state index in [-0.39, 0.29) is 11.6 Å². The number of rotatable bonds is 1. The Labute approximate surface area is 81.0 Å². The van der Waals surface area contributed by atoms with Crippen molar-refractivity contribution in [1.29, 1.82) is 0 Å². The summed E-state index contributed by atoms with van der Waals surface area (Å²) in [6, 6.07) is 0.120. The summed E-state index contributed by atoms with van der Waals surface area (Å²) in [5, 5.41) is 4.10. The van der Waals surface area contributed by atoms with Crippen LogP contribution in [0.4, 0.5) is 0 Å². The van der Waals surface area contributed by atoms with Gasteiger partial charge < -0.3 is 0 Å². The summed E-state index contributed by atoms with van der Waals surface area (Å²) in [4.78, 5) is 16.0. The van der Waals surface area contributed by atoms with Crippen LogP contribution in [0.3, 0.4) is 0 Å². The molecule has 2 aromatic heterocycles. The zero-order chi connectivity index (χ0) is 10.3. The first-order valence-corrected chi connectivity index (χ1v) is 4.52. The molecule has 0 aliphatic heterocycles. The van der Waals surface area contributed by atoms with Gasteiger partial charge in [-0.2, -0.15) is 5.10 Å². The molecule has 0 unspecified atom stereocenters. The van der Waals surface area contributed by atoms with Gasteiger partial charge in [0.05, 0.1) is 5.69 Å². The number of imidazole rings is 1. The van der Waals surface area contributed by atoms with Crippen LogP contribution in [-0.4, -0.2) is 19.2 Å². The van der Waals surface area contributed by atoms with Crippen LogP contribution in [0.2, 0.25) is 0 Å². The van der Waals surface area contributed by atoms with Crippen LogP contribution in [0.1, 0.15) is 25.6 Å². The monoisotopic (exact) mass is 192 g/mol. The van der Waals surface area contributed by atoms with E-state index in [2.05, 4.69) is 10.1 Å². The largest absolute Gasteiger partial charge is 0.293 e. The van der Waals surface area contributed by atoms with Gasteiger partial charge in [0.15, 0.2) is 5.52 Å². The lowest BCUT2D eigenvalue weighted by Gasteiger charge is -2.08. The molecule has 0 N–H and O–H groups in total. The minimum Gasteiger partial charge on any atom is -0.293 e. The summed E-state index contributed by atoms with van der Waals surface area (Å²) in [5.74, 6) is 0. The third kappa shape index (κ3) is 1.13. The number of aromatic nitrogens is 4. The van der Waals surface area contributed by atoms with Crippen molar-refractivity contribution in [3.63, 3.8) is 0 Å². The van der Waals surface area contributed by atoms with Gasteiger partial charge in [0, 0.05) is 6.04 Å². The summed E-state index contributed by atoms with van der Waals surface area (Å²) < 4.78 is 3.11. The van der Waals surface area contributed by atoms with E-state index in [0.29, 0.717) is 5.52 Å². The Morgan fingerprint density at radius 1 is 1.36 bits per heavy atom. The molecule has 0 saturated heterocycles. The smallest absolute Gasteiger partial charge is 0.279 e. The molecule has 0 saturated carbocycles. The van der Waals surface area contributed by atoms with Crippen molar-refractivity contribution in [2.75, 3.05) is 0 Å². The molecule has 2 rings (SSSR count). The zero-order valence-corrected chi connectivity index (χ0v) is 8.43. The SMILES string of the molecule is Cc1ncn2ncn(C(C)C)c(=O)c12. The lowest BCUT2D eigenvalue weighted by Crippen LogP contribution is -2.24. The minimum atomic E-state index is -0.0370. The number of hydrogen-bond donors (Lipinski definition) is 0. The molecule has 0 fully saturated rings. The molecule has 74 valence electrons. The van der Waals surface area contributed by atoms with E-state index in [4.69, 9.17) is 0 Å². The summed E-state index contributed by atoms with van der Waals surface area (Å²) in [7, 11) is 0. The molecule has 0 amide bonds. The van der Waals surface area contributed by atoms with Gasteiger partial charge in [-0.3, -0.25) is 9.36 Å². The van der Waals surface area contributed by atoms with Crippen LogP contribution < -0.4 is 5.56 Å². The molecule has 0 aliphatic carbocycles. The van der Waals surface area contributed by atoms with Gasteiger partial charge in [-0.05, 0) is 20.8 Å². The molecule has 5 heteroatoms. The molecular weight excluding hydrogens is 180 g/mol. The maximum absolute atomic E-state index is 11.9. The Balaban J connectivity index is 2.86. The first-order valence-electron chi connectivity index (χ1n) is 4.52. The number of hydrogen-bond acceptors (Lipinski definition) is 3. The molecule has 14 heavy (non-hydrogen) atoms. The summed E-state index contributed by atoms with van der Waals surface area (Å²) in [6.07, 6.45) is 3.10. The predicted molar refractivity (Wildman–Crippen MR) is 52.4 cm³/mol. The van der Waals surface area contributed by atoms with Crippen LogP contribution in [0.25, 0.3) is 5.52 Å².